The zero-order chi connectivity index (χ0) is 12.6. The maximum Gasteiger partial charge on any atom is 0.261 e. The van der Waals surface area contributed by atoms with Crippen molar-refractivity contribution in [1.29, 1.82) is 0 Å². The second-order valence-corrected chi connectivity index (χ2v) is 4.55. The number of benzene rings is 1. The Kier molecular flexibility index (Phi) is 2.84. The highest BCUT2D eigenvalue weighted by Crippen LogP contribution is 2.23. The summed E-state index contributed by atoms with van der Waals surface area (Å²) in [6, 6.07) is 5.36. The number of carbonyl (C=O) groups excluding carboxylic acids is 2. The Hall–Kier alpha value is -1.90. The molecule has 0 N–H and O–H groups in total. The predicted molar refractivity (Wildman–Crippen MR) is 66.0 cm³/mol. The maximum absolute atomic E-state index is 12.0. The van der Waals surface area contributed by atoms with Crippen LogP contribution in [0.3, 0.4) is 0 Å². The van der Waals surface area contributed by atoms with Crippen molar-refractivity contribution in [2.24, 2.45) is 0 Å². The molecule has 1 aliphatic rings. The van der Waals surface area contributed by atoms with Crippen LogP contribution in [0.5, 0.6) is 0 Å². The largest absolute Gasteiger partial charge is 0.270 e. The minimum atomic E-state index is -0.192. The lowest BCUT2D eigenvalue weighted by molar-refractivity contribution is 0.0672. The summed E-state index contributed by atoms with van der Waals surface area (Å²) in [7, 11) is 0. The van der Waals surface area contributed by atoms with Gasteiger partial charge in [0.2, 0.25) is 0 Å². The van der Waals surface area contributed by atoms with Gasteiger partial charge in [0.05, 0.1) is 11.1 Å². The normalized spacial score (nSPS) is 13.9. The molecular weight excluding hydrogens is 214 g/mol. The van der Waals surface area contributed by atoms with E-state index in [2.05, 4.69) is 0 Å². The number of hydrogen-bond acceptors (Lipinski definition) is 2. The van der Waals surface area contributed by atoms with Crippen molar-refractivity contribution < 1.29 is 9.59 Å². The first-order chi connectivity index (χ1) is 8.00. The van der Waals surface area contributed by atoms with Gasteiger partial charge in [-0.05, 0) is 32.9 Å². The number of hydrogen-bond donors (Lipinski definition) is 0. The Morgan fingerprint density at radius 3 is 2.47 bits per heavy atom. The van der Waals surface area contributed by atoms with Gasteiger partial charge in [0.1, 0.15) is 0 Å². The van der Waals surface area contributed by atoms with Gasteiger partial charge in [0.25, 0.3) is 11.8 Å². The molecule has 0 fully saturated rings. The van der Waals surface area contributed by atoms with E-state index in [1.807, 2.05) is 32.9 Å². The smallest absolute Gasteiger partial charge is 0.261 e. The third-order valence-corrected chi connectivity index (χ3v) is 2.81. The molecule has 0 saturated heterocycles. The van der Waals surface area contributed by atoms with E-state index in [4.69, 9.17) is 0 Å². The second kappa shape index (κ2) is 4.17. The summed E-state index contributed by atoms with van der Waals surface area (Å²) < 4.78 is 0. The highest BCUT2D eigenvalue weighted by molar-refractivity contribution is 6.21. The molecule has 0 radical (unpaired) electrons. The van der Waals surface area contributed by atoms with E-state index in [0.717, 1.165) is 11.1 Å². The molecule has 1 aliphatic heterocycles. The summed E-state index contributed by atoms with van der Waals surface area (Å²) in [5, 5.41) is 0. The van der Waals surface area contributed by atoms with Crippen LogP contribution in [0.4, 0.5) is 0 Å². The van der Waals surface area contributed by atoms with Crippen LogP contribution in [-0.2, 0) is 0 Å². The van der Waals surface area contributed by atoms with E-state index in [0.29, 0.717) is 17.7 Å². The predicted octanol–water partition coefficient (Wildman–Crippen LogP) is 2.56. The molecule has 0 aliphatic carbocycles. The molecule has 88 valence electrons. The molecule has 0 aromatic heterocycles. The van der Waals surface area contributed by atoms with Gasteiger partial charge in [-0.15, -0.1) is 0 Å². The van der Waals surface area contributed by atoms with Gasteiger partial charge in [-0.3, -0.25) is 14.5 Å². The number of carbonyl (C=O) groups is 2. The molecule has 0 unspecified atom stereocenters. The maximum atomic E-state index is 12.0. The Morgan fingerprint density at radius 1 is 1.18 bits per heavy atom. The molecule has 3 heteroatoms. The minimum Gasteiger partial charge on any atom is -0.270 e. The van der Waals surface area contributed by atoms with Crippen LogP contribution < -0.4 is 0 Å². The van der Waals surface area contributed by atoms with Crippen LogP contribution in [0.15, 0.2) is 29.8 Å². The van der Waals surface area contributed by atoms with Gasteiger partial charge >= 0.3 is 0 Å². The van der Waals surface area contributed by atoms with E-state index >= 15 is 0 Å². The lowest BCUT2D eigenvalue weighted by Crippen LogP contribution is -2.29. The zero-order valence-electron chi connectivity index (χ0n) is 10.3. The van der Waals surface area contributed by atoms with Crippen LogP contribution in [0.2, 0.25) is 0 Å². The van der Waals surface area contributed by atoms with E-state index < -0.39 is 0 Å². The molecule has 0 atom stereocenters. The number of rotatable bonds is 2. The van der Waals surface area contributed by atoms with Crippen molar-refractivity contribution in [3.8, 4) is 0 Å². The van der Waals surface area contributed by atoms with Crippen molar-refractivity contribution in [2.75, 3.05) is 6.54 Å². The minimum absolute atomic E-state index is 0.189. The van der Waals surface area contributed by atoms with Crippen LogP contribution in [-0.4, -0.2) is 23.3 Å². The first-order valence-corrected chi connectivity index (χ1v) is 5.61. The first-order valence-electron chi connectivity index (χ1n) is 5.61. The molecular formula is C14H15NO2. The fraction of sp³-hybridized carbons (Fsp3) is 0.286. The third kappa shape index (κ3) is 2.00. The lowest BCUT2D eigenvalue weighted by Gasteiger charge is -2.10. The van der Waals surface area contributed by atoms with Gasteiger partial charge < -0.3 is 0 Å². The number of amides is 2. The van der Waals surface area contributed by atoms with Crippen molar-refractivity contribution in [1.82, 2.24) is 4.90 Å². The summed E-state index contributed by atoms with van der Waals surface area (Å²) in [6.45, 7) is 6.16. The monoisotopic (exact) mass is 229 g/mol. The molecule has 1 heterocycles. The van der Waals surface area contributed by atoms with Gasteiger partial charge in [-0.1, -0.05) is 23.3 Å². The molecule has 1 aromatic rings. The van der Waals surface area contributed by atoms with Crippen LogP contribution >= 0.6 is 0 Å². The van der Waals surface area contributed by atoms with E-state index in [-0.39, 0.29) is 11.8 Å². The Morgan fingerprint density at radius 2 is 1.82 bits per heavy atom. The van der Waals surface area contributed by atoms with Crippen molar-refractivity contribution >= 4 is 11.8 Å². The summed E-state index contributed by atoms with van der Waals surface area (Å²) in [6.07, 6.45) is 1.88. The average Bonchev–Trinajstić information content (AvgIpc) is 2.49. The number of allylic oxidation sites excluding steroid dienone is 1. The molecule has 2 rings (SSSR count). The third-order valence-electron chi connectivity index (χ3n) is 2.81. The average molecular weight is 229 g/mol. The Balaban J connectivity index is 2.35. The summed E-state index contributed by atoms with van der Waals surface area (Å²) in [5.74, 6) is -0.381. The topological polar surface area (TPSA) is 37.4 Å². The quantitative estimate of drug-likeness (QED) is 0.577. The summed E-state index contributed by atoms with van der Waals surface area (Å²) in [4.78, 5) is 25.3. The van der Waals surface area contributed by atoms with E-state index in [1.165, 1.54) is 4.90 Å². The zero-order valence-corrected chi connectivity index (χ0v) is 10.3. The molecule has 0 bridgehead atoms. The standard InChI is InChI=1S/C14H15NO2/c1-9(2)6-7-15-13(16)11-5-4-10(3)8-12(11)14(15)17/h4-6,8H,7H2,1-3H3. The molecule has 0 saturated carbocycles. The Labute approximate surface area is 101 Å². The number of imide groups is 1. The molecule has 1 aromatic carbocycles. The van der Waals surface area contributed by atoms with Crippen LogP contribution in [0, 0.1) is 6.92 Å². The van der Waals surface area contributed by atoms with E-state index in [1.54, 1.807) is 12.1 Å². The molecule has 2 amide bonds. The van der Waals surface area contributed by atoms with Crippen molar-refractivity contribution in [2.45, 2.75) is 20.8 Å². The highest BCUT2D eigenvalue weighted by Gasteiger charge is 2.34. The number of nitrogens with zero attached hydrogens (tertiary/aromatic N) is 1. The van der Waals surface area contributed by atoms with Gasteiger partial charge in [-0.2, -0.15) is 0 Å². The fourth-order valence-electron chi connectivity index (χ4n) is 1.84. The van der Waals surface area contributed by atoms with Gasteiger partial charge in [0.15, 0.2) is 0 Å². The van der Waals surface area contributed by atoms with Crippen LogP contribution in [0.25, 0.3) is 0 Å². The van der Waals surface area contributed by atoms with E-state index in [9.17, 15) is 9.59 Å². The fourth-order valence-corrected chi connectivity index (χ4v) is 1.84. The van der Waals surface area contributed by atoms with Gasteiger partial charge in [-0.25, -0.2) is 0 Å². The lowest BCUT2D eigenvalue weighted by atomic mass is 10.1. The van der Waals surface area contributed by atoms with Crippen molar-refractivity contribution in [3.63, 3.8) is 0 Å². The highest BCUT2D eigenvalue weighted by atomic mass is 16.2. The SMILES string of the molecule is CC(C)=CCN1C(=O)c2ccc(C)cc2C1=O. The molecule has 3 nitrogen and oxygen atoms in total. The Bertz CT molecular complexity index is 525. The van der Waals surface area contributed by atoms with Crippen molar-refractivity contribution in [3.05, 3.63) is 46.5 Å². The molecule has 17 heavy (non-hydrogen) atoms. The summed E-state index contributed by atoms with van der Waals surface area (Å²) >= 11 is 0. The molecule has 0 spiro atoms. The summed E-state index contributed by atoms with van der Waals surface area (Å²) in [5.41, 5.74) is 3.13. The first kappa shape index (κ1) is 11.6. The number of aryl methyl sites for hydroxylation is 1. The van der Waals surface area contributed by atoms with Gasteiger partial charge in [0, 0.05) is 6.54 Å². The number of fused-ring (bicyclic) bond motifs is 1. The van der Waals surface area contributed by atoms with Crippen LogP contribution in [0.1, 0.15) is 40.1 Å². The second-order valence-electron chi connectivity index (χ2n) is 4.55.